The van der Waals surface area contributed by atoms with Crippen molar-refractivity contribution in [2.24, 2.45) is 0 Å². The minimum Gasteiger partial charge on any atom is -0.369 e. The van der Waals surface area contributed by atoms with Gasteiger partial charge in [0.15, 0.2) is 11.3 Å². The van der Waals surface area contributed by atoms with Crippen LogP contribution in [0.4, 0.5) is 11.8 Å². The van der Waals surface area contributed by atoms with Gasteiger partial charge in [-0.25, -0.2) is 4.98 Å². The summed E-state index contributed by atoms with van der Waals surface area (Å²) in [5, 5.41) is 23.5. The number of anilines is 2. The summed E-state index contributed by atoms with van der Waals surface area (Å²) in [4.78, 5) is 9.00. The van der Waals surface area contributed by atoms with E-state index in [0.717, 1.165) is 40.7 Å². The van der Waals surface area contributed by atoms with Crippen molar-refractivity contribution in [1.29, 1.82) is 0 Å². The molecule has 31 heavy (non-hydrogen) atoms. The molecule has 5 aromatic heterocycles. The number of aryl methyl sites for hydroxylation is 1. The van der Waals surface area contributed by atoms with Crippen LogP contribution < -0.4 is 10.6 Å². The first-order chi connectivity index (χ1) is 15.3. The van der Waals surface area contributed by atoms with Crippen molar-refractivity contribution in [2.45, 2.75) is 19.8 Å². The molecule has 0 fully saturated rings. The van der Waals surface area contributed by atoms with Gasteiger partial charge in [0.05, 0.1) is 0 Å². The lowest BCUT2D eigenvalue weighted by Gasteiger charge is -2.10. The number of nitrogens with zero attached hydrogens (tertiary/aromatic N) is 8. The van der Waals surface area contributed by atoms with Gasteiger partial charge in [-0.2, -0.15) is 4.98 Å². The van der Waals surface area contributed by atoms with Crippen molar-refractivity contribution >= 4 is 23.1 Å². The average molecular weight is 414 g/mol. The van der Waals surface area contributed by atoms with E-state index in [1.54, 1.807) is 0 Å². The van der Waals surface area contributed by atoms with Gasteiger partial charge in [-0.1, -0.05) is 12.1 Å². The summed E-state index contributed by atoms with van der Waals surface area (Å²) in [6.07, 6.45) is 7.20. The summed E-state index contributed by atoms with van der Waals surface area (Å²) in [5.74, 6) is 3.19. The van der Waals surface area contributed by atoms with Crippen molar-refractivity contribution in [3.8, 4) is 0 Å². The maximum Gasteiger partial charge on any atom is 0.224 e. The summed E-state index contributed by atoms with van der Waals surface area (Å²) in [6, 6.07) is 11.7. The Labute approximate surface area is 178 Å². The normalized spacial score (nSPS) is 11.3. The summed E-state index contributed by atoms with van der Waals surface area (Å²) in [5.41, 5.74) is 2.68. The summed E-state index contributed by atoms with van der Waals surface area (Å²) < 4.78 is 3.98. The Hall–Kier alpha value is -4.08. The van der Waals surface area contributed by atoms with Crippen molar-refractivity contribution < 1.29 is 0 Å². The SMILES string of the molecule is Cc1cnc(NCCc2nnc3ccccn23)nc1NCCc1nnc2ccccn12. The van der Waals surface area contributed by atoms with E-state index in [0.29, 0.717) is 25.5 Å². The quantitative estimate of drug-likeness (QED) is 0.398. The first kappa shape index (κ1) is 18.9. The monoisotopic (exact) mass is 414 g/mol. The molecule has 2 N–H and O–H groups in total. The number of pyridine rings is 2. The van der Waals surface area contributed by atoms with Gasteiger partial charge >= 0.3 is 0 Å². The van der Waals surface area contributed by atoms with Gasteiger partial charge in [0.1, 0.15) is 17.5 Å². The van der Waals surface area contributed by atoms with Crippen LogP contribution in [0.3, 0.4) is 0 Å². The molecule has 10 heteroatoms. The Bertz CT molecular complexity index is 1320. The van der Waals surface area contributed by atoms with Gasteiger partial charge in [0.2, 0.25) is 5.95 Å². The molecule has 0 saturated carbocycles. The van der Waals surface area contributed by atoms with Crippen LogP contribution in [0.1, 0.15) is 17.2 Å². The Morgan fingerprint density at radius 2 is 1.39 bits per heavy atom. The fraction of sp³-hybridized carbons (Fsp3) is 0.238. The van der Waals surface area contributed by atoms with E-state index in [1.807, 2.05) is 70.7 Å². The van der Waals surface area contributed by atoms with E-state index in [2.05, 4.69) is 41.0 Å². The molecular weight excluding hydrogens is 392 g/mol. The minimum absolute atomic E-state index is 0.579. The highest BCUT2D eigenvalue weighted by Gasteiger charge is 2.08. The van der Waals surface area contributed by atoms with E-state index in [4.69, 9.17) is 0 Å². The second-order valence-corrected chi connectivity index (χ2v) is 7.17. The third-order valence-corrected chi connectivity index (χ3v) is 5.01. The van der Waals surface area contributed by atoms with Crippen molar-refractivity contribution in [3.63, 3.8) is 0 Å². The number of hydrogen-bond donors (Lipinski definition) is 2. The minimum atomic E-state index is 0.579. The van der Waals surface area contributed by atoms with Gasteiger partial charge in [0.25, 0.3) is 0 Å². The van der Waals surface area contributed by atoms with Gasteiger partial charge in [-0.3, -0.25) is 8.80 Å². The van der Waals surface area contributed by atoms with Gasteiger partial charge in [-0.15, -0.1) is 20.4 Å². The molecule has 5 aromatic rings. The van der Waals surface area contributed by atoms with E-state index in [9.17, 15) is 0 Å². The van der Waals surface area contributed by atoms with Crippen LogP contribution in [0.25, 0.3) is 11.3 Å². The van der Waals surface area contributed by atoms with E-state index in [-0.39, 0.29) is 0 Å². The second kappa shape index (κ2) is 8.34. The van der Waals surface area contributed by atoms with Crippen LogP contribution >= 0.6 is 0 Å². The highest BCUT2D eigenvalue weighted by molar-refractivity contribution is 5.46. The molecule has 0 spiro atoms. The van der Waals surface area contributed by atoms with Crippen LogP contribution in [-0.2, 0) is 12.8 Å². The third kappa shape index (κ3) is 4.00. The largest absolute Gasteiger partial charge is 0.369 e. The van der Waals surface area contributed by atoms with E-state index in [1.165, 1.54) is 0 Å². The maximum atomic E-state index is 4.62. The highest BCUT2D eigenvalue weighted by Crippen LogP contribution is 2.13. The van der Waals surface area contributed by atoms with Gasteiger partial charge in [-0.05, 0) is 31.2 Å². The average Bonchev–Trinajstić information content (AvgIpc) is 3.40. The molecule has 0 aromatic carbocycles. The van der Waals surface area contributed by atoms with Crippen molar-refractivity contribution in [3.05, 3.63) is 72.2 Å². The predicted molar refractivity (Wildman–Crippen MR) is 117 cm³/mol. The molecule has 5 rings (SSSR count). The lowest BCUT2D eigenvalue weighted by atomic mass is 10.3. The van der Waals surface area contributed by atoms with E-state index >= 15 is 0 Å². The predicted octanol–water partition coefficient (Wildman–Crippen LogP) is 2.18. The zero-order valence-corrected chi connectivity index (χ0v) is 17.1. The smallest absolute Gasteiger partial charge is 0.224 e. The standard InChI is InChI=1S/C21H22N10/c1-15-14-24-21(23-11-9-19-29-27-17-7-3-5-13-31(17)19)25-20(15)22-10-8-18-28-26-16-6-2-4-12-30(16)18/h2-7,12-14H,8-11H2,1H3,(H2,22,23,24,25). The van der Waals surface area contributed by atoms with Gasteiger partial charge < -0.3 is 10.6 Å². The summed E-state index contributed by atoms with van der Waals surface area (Å²) >= 11 is 0. The van der Waals surface area contributed by atoms with Gasteiger partial charge in [0, 0.05) is 50.1 Å². The molecule has 0 amide bonds. The molecule has 10 nitrogen and oxygen atoms in total. The summed E-state index contributed by atoms with van der Waals surface area (Å²) in [7, 11) is 0. The third-order valence-electron chi connectivity index (χ3n) is 5.01. The topological polar surface area (TPSA) is 110 Å². The molecule has 0 radical (unpaired) electrons. The zero-order chi connectivity index (χ0) is 21.0. The Kier molecular flexibility index (Phi) is 5.09. The number of hydrogen-bond acceptors (Lipinski definition) is 8. The lowest BCUT2D eigenvalue weighted by molar-refractivity contribution is 0.857. The molecule has 0 aliphatic rings. The number of rotatable bonds is 8. The van der Waals surface area contributed by atoms with Crippen LogP contribution in [0.5, 0.6) is 0 Å². The van der Waals surface area contributed by atoms with Crippen LogP contribution in [0, 0.1) is 6.92 Å². The van der Waals surface area contributed by atoms with E-state index < -0.39 is 0 Å². The second-order valence-electron chi connectivity index (χ2n) is 7.17. The fourth-order valence-electron chi connectivity index (χ4n) is 3.41. The number of nitrogens with one attached hydrogen (secondary N) is 2. The van der Waals surface area contributed by atoms with Crippen molar-refractivity contribution in [1.82, 2.24) is 39.2 Å². The molecule has 5 heterocycles. The van der Waals surface area contributed by atoms with Crippen LogP contribution in [0.15, 0.2) is 55.0 Å². The highest BCUT2D eigenvalue weighted by atomic mass is 15.3. The van der Waals surface area contributed by atoms with Crippen LogP contribution in [-0.4, -0.2) is 52.3 Å². The zero-order valence-electron chi connectivity index (χ0n) is 17.1. The maximum absolute atomic E-state index is 4.62. The number of aromatic nitrogens is 8. The van der Waals surface area contributed by atoms with Crippen LogP contribution in [0.2, 0.25) is 0 Å². The summed E-state index contributed by atoms with van der Waals surface area (Å²) in [6.45, 7) is 3.34. The molecule has 0 aliphatic heterocycles. The molecule has 0 unspecified atom stereocenters. The lowest BCUT2D eigenvalue weighted by Crippen LogP contribution is -2.13. The first-order valence-corrected chi connectivity index (χ1v) is 10.2. The molecular formula is C21H22N10. The Morgan fingerprint density at radius 1 is 0.774 bits per heavy atom. The Morgan fingerprint density at radius 3 is 2.03 bits per heavy atom. The van der Waals surface area contributed by atoms with Crippen molar-refractivity contribution in [2.75, 3.05) is 23.7 Å². The fourth-order valence-corrected chi connectivity index (χ4v) is 3.41. The number of fused-ring (bicyclic) bond motifs is 2. The first-order valence-electron chi connectivity index (χ1n) is 10.2. The molecule has 156 valence electrons. The molecule has 0 saturated heterocycles. The molecule has 0 atom stereocenters. The molecule has 0 aliphatic carbocycles. The molecule has 0 bridgehead atoms. The Balaban J connectivity index is 1.19.